The van der Waals surface area contributed by atoms with Crippen LogP contribution in [0.2, 0.25) is 0 Å². The highest BCUT2D eigenvalue weighted by molar-refractivity contribution is 5.94. The van der Waals surface area contributed by atoms with E-state index in [1.807, 2.05) is 0 Å². The first kappa shape index (κ1) is 13.5. The second kappa shape index (κ2) is 5.36. The number of halogens is 1. The van der Waals surface area contributed by atoms with E-state index < -0.39 is 11.8 Å². The van der Waals surface area contributed by atoms with Crippen molar-refractivity contribution in [2.45, 2.75) is 6.92 Å². The minimum atomic E-state index is -1.20. The summed E-state index contributed by atoms with van der Waals surface area (Å²) in [6.45, 7) is 3.37. The summed E-state index contributed by atoms with van der Waals surface area (Å²) in [5.41, 5.74) is -0.138. The number of amides is 1. The molecule has 6 heteroatoms. The zero-order valence-corrected chi connectivity index (χ0v) is 10.4. The van der Waals surface area contributed by atoms with E-state index in [-0.39, 0.29) is 29.0 Å². The highest BCUT2D eigenvalue weighted by atomic mass is 19.1. The largest absolute Gasteiger partial charge is 0.478 e. The summed E-state index contributed by atoms with van der Waals surface area (Å²) in [5, 5.41) is 14.3. The Kier molecular flexibility index (Phi) is 3.80. The molecule has 1 amide bonds. The maximum atomic E-state index is 13.6. The lowest BCUT2D eigenvalue weighted by atomic mass is 9.88. The lowest BCUT2D eigenvalue weighted by Gasteiger charge is -2.31. The van der Waals surface area contributed by atoms with Crippen molar-refractivity contribution in [3.8, 4) is 0 Å². The van der Waals surface area contributed by atoms with Gasteiger partial charge in [0.2, 0.25) is 5.91 Å². The molecule has 0 radical (unpaired) electrons. The van der Waals surface area contributed by atoms with Crippen LogP contribution in [0.5, 0.6) is 0 Å². The first-order valence-corrected chi connectivity index (χ1v) is 6.03. The van der Waals surface area contributed by atoms with Crippen LogP contribution in [0, 0.1) is 17.7 Å². The van der Waals surface area contributed by atoms with Crippen LogP contribution < -0.4 is 10.6 Å². The highest BCUT2D eigenvalue weighted by Crippen LogP contribution is 2.20. The Bertz CT molecular complexity index is 515. The lowest BCUT2D eigenvalue weighted by molar-refractivity contribution is -0.121. The van der Waals surface area contributed by atoms with E-state index in [0.29, 0.717) is 0 Å². The van der Waals surface area contributed by atoms with E-state index in [1.54, 1.807) is 6.92 Å². The van der Waals surface area contributed by atoms with E-state index in [4.69, 9.17) is 5.11 Å². The number of carboxylic acids is 1. The number of carboxylic acid groups (broad SMARTS) is 1. The summed E-state index contributed by atoms with van der Waals surface area (Å²) < 4.78 is 13.6. The molecule has 1 aromatic carbocycles. The molecule has 1 aliphatic rings. The number of hydrogen-bond donors (Lipinski definition) is 3. The molecule has 1 saturated heterocycles. The van der Waals surface area contributed by atoms with Crippen LogP contribution in [0.4, 0.5) is 10.1 Å². The van der Waals surface area contributed by atoms with E-state index in [9.17, 15) is 14.0 Å². The SMILES string of the molecule is CC(C(=O)Nc1ccc(C(=O)O)cc1F)C1CNC1. The zero-order valence-electron chi connectivity index (χ0n) is 10.4. The minimum Gasteiger partial charge on any atom is -0.478 e. The third-order valence-corrected chi connectivity index (χ3v) is 3.41. The molecule has 3 N–H and O–H groups in total. The van der Waals surface area contributed by atoms with E-state index in [2.05, 4.69) is 10.6 Å². The first-order valence-electron chi connectivity index (χ1n) is 6.03. The number of nitrogens with one attached hydrogen (secondary N) is 2. The molecule has 0 aromatic heterocycles. The molecule has 5 nitrogen and oxygen atoms in total. The fourth-order valence-electron chi connectivity index (χ4n) is 1.87. The molecule has 1 heterocycles. The van der Waals surface area contributed by atoms with Crippen molar-refractivity contribution < 1.29 is 19.1 Å². The van der Waals surface area contributed by atoms with Crippen LogP contribution >= 0.6 is 0 Å². The van der Waals surface area contributed by atoms with Gasteiger partial charge in [-0.2, -0.15) is 0 Å². The molecule has 1 atom stereocenters. The predicted molar refractivity (Wildman–Crippen MR) is 67.5 cm³/mol. The second-order valence-corrected chi connectivity index (χ2v) is 4.70. The van der Waals surface area contributed by atoms with E-state index >= 15 is 0 Å². The molecule has 0 saturated carbocycles. The Hall–Kier alpha value is -1.95. The molecule has 1 aliphatic heterocycles. The van der Waals surface area contributed by atoms with Crippen molar-refractivity contribution in [2.24, 2.45) is 11.8 Å². The Morgan fingerprint density at radius 3 is 2.63 bits per heavy atom. The lowest BCUT2D eigenvalue weighted by Crippen LogP contribution is -2.48. The van der Waals surface area contributed by atoms with Gasteiger partial charge in [0, 0.05) is 5.92 Å². The van der Waals surface area contributed by atoms with Crippen LogP contribution in [0.25, 0.3) is 0 Å². The Balaban J connectivity index is 2.06. The maximum Gasteiger partial charge on any atom is 0.335 e. The smallest absolute Gasteiger partial charge is 0.335 e. The molecule has 1 unspecified atom stereocenters. The summed E-state index contributed by atoms with van der Waals surface area (Å²) in [6, 6.07) is 3.42. The quantitative estimate of drug-likeness (QED) is 0.768. The van der Waals surface area contributed by atoms with Crippen LogP contribution in [-0.4, -0.2) is 30.1 Å². The van der Waals surface area contributed by atoms with Gasteiger partial charge in [-0.05, 0) is 37.2 Å². The minimum absolute atomic E-state index is 0.00846. The molecule has 0 spiro atoms. The number of carbonyl (C=O) groups excluding carboxylic acids is 1. The average molecular weight is 266 g/mol. The third-order valence-electron chi connectivity index (χ3n) is 3.41. The van der Waals surface area contributed by atoms with Gasteiger partial charge in [-0.25, -0.2) is 9.18 Å². The van der Waals surface area contributed by atoms with Crippen molar-refractivity contribution in [3.63, 3.8) is 0 Å². The molecular formula is C13H15FN2O3. The topological polar surface area (TPSA) is 78.4 Å². The van der Waals surface area contributed by atoms with Gasteiger partial charge >= 0.3 is 5.97 Å². The summed E-state index contributed by atoms with van der Waals surface area (Å²) >= 11 is 0. The second-order valence-electron chi connectivity index (χ2n) is 4.70. The van der Waals surface area contributed by atoms with Gasteiger partial charge in [0.1, 0.15) is 5.82 Å². The van der Waals surface area contributed by atoms with Gasteiger partial charge in [-0.3, -0.25) is 4.79 Å². The monoisotopic (exact) mass is 266 g/mol. The maximum absolute atomic E-state index is 13.6. The first-order chi connectivity index (χ1) is 8.99. The van der Waals surface area contributed by atoms with Crippen molar-refractivity contribution >= 4 is 17.6 Å². The Morgan fingerprint density at radius 2 is 2.16 bits per heavy atom. The highest BCUT2D eigenvalue weighted by Gasteiger charge is 2.29. The fraction of sp³-hybridized carbons (Fsp3) is 0.385. The summed E-state index contributed by atoms with van der Waals surface area (Å²) in [4.78, 5) is 22.6. The van der Waals surface area contributed by atoms with Crippen LogP contribution in [-0.2, 0) is 4.79 Å². The number of anilines is 1. The molecule has 102 valence electrons. The van der Waals surface area contributed by atoms with E-state index in [0.717, 1.165) is 19.2 Å². The third kappa shape index (κ3) is 2.90. The van der Waals surface area contributed by atoms with Crippen molar-refractivity contribution in [2.75, 3.05) is 18.4 Å². The van der Waals surface area contributed by atoms with Crippen LogP contribution in [0.15, 0.2) is 18.2 Å². The molecule has 2 rings (SSSR count). The normalized spacial score (nSPS) is 16.5. The van der Waals surface area contributed by atoms with E-state index in [1.165, 1.54) is 12.1 Å². The summed E-state index contributed by atoms with van der Waals surface area (Å²) in [5.74, 6) is -2.15. The van der Waals surface area contributed by atoms with Gasteiger partial charge in [0.05, 0.1) is 11.3 Å². The molecule has 1 fully saturated rings. The van der Waals surface area contributed by atoms with Gasteiger partial charge < -0.3 is 15.7 Å². The standard InChI is InChI=1S/C13H15FN2O3/c1-7(9-5-15-6-9)12(17)16-11-3-2-8(13(18)19)4-10(11)14/h2-4,7,9,15H,5-6H2,1H3,(H,16,17)(H,18,19). The number of benzene rings is 1. The van der Waals surface area contributed by atoms with Gasteiger partial charge in [0.25, 0.3) is 0 Å². The molecule has 0 bridgehead atoms. The molecular weight excluding hydrogens is 251 g/mol. The molecule has 1 aromatic rings. The van der Waals surface area contributed by atoms with Gasteiger partial charge in [-0.1, -0.05) is 6.92 Å². The zero-order chi connectivity index (χ0) is 14.0. The fourth-order valence-corrected chi connectivity index (χ4v) is 1.87. The number of rotatable bonds is 4. The Morgan fingerprint density at radius 1 is 1.47 bits per heavy atom. The predicted octanol–water partition coefficient (Wildman–Crippen LogP) is 1.32. The van der Waals surface area contributed by atoms with Crippen molar-refractivity contribution in [1.82, 2.24) is 5.32 Å². The van der Waals surface area contributed by atoms with Crippen LogP contribution in [0.3, 0.4) is 0 Å². The summed E-state index contributed by atoms with van der Waals surface area (Å²) in [7, 11) is 0. The number of hydrogen-bond acceptors (Lipinski definition) is 3. The summed E-state index contributed by atoms with van der Waals surface area (Å²) in [6.07, 6.45) is 0. The van der Waals surface area contributed by atoms with Crippen molar-refractivity contribution in [1.29, 1.82) is 0 Å². The Labute approximate surface area is 109 Å². The molecule has 0 aliphatic carbocycles. The average Bonchev–Trinajstić information content (AvgIpc) is 2.29. The van der Waals surface area contributed by atoms with Gasteiger partial charge in [-0.15, -0.1) is 0 Å². The number of aromatic carboxylic acids is 1. The van der Waals surface area contributed by atoms with Crippen LogP contribution in [0.1, 0.15) is 17.3 Å². The number of carbonyl (C=O) groups is 2. The molecule has 19 heavy (non-hydrogen) atoms. The van der Waals surface area contributed by atoms with Crippen molar-refractivity contribution in [3.05, 3.63) is 29.6 Å². The van der Waals surface area contributed by atoms with Gasteiger partial charge in [0.15, 0.2) is 0 Å².